The predicted octanol–water partition coefficient (Wildman–Crippen LogP) is 2.34. The minimum atomic E-state index is 0.171. The fourth-order valence-corrected chi connectivity index (χ4v) is 2.04. The highest BCUT2D eigenvalue weighted by Gasteiger charge is 2.40. The molecule has 1 rings (SSSR count). The highest BCUT2D eigenvalue weighted by Crippen LogP contribution is 2.34. The molecule has 2 nitrogen and oxygen atoms in total. The summed E-state index contributed by atoms with van der Waals surface area (Å²) in [6, 6.07) is 0. The van der Waals surface area contributed by atoms with Gasteiger partial charge in [-0.15, -0.1) is 0 Å². The van der Waals surface area contributed by atoms with Crippen LogP contribution in [0.2, 0.25) is 0 Å². The number of carbonyl (C=O) groups is 1. The molecule has 0 radical (unpaired) electrons. The molecule has 0 aromatic heterocycles. The van der Waals surface area contributed by atoms with Gasteiger partial charge in [0.1, 0.15) is 0 Å². The zero-order valence-electron chi connectivity index (χ0n) is 9.02. The zero-order valence-corrected chi connectivity index (χ0v) is 9.02. The lowest BCUT2D eigenvalue weighted by Crippen LogP contribution is -2.24. The molecular weight excluding hydrogens is 162 g/mol. The van der Waals surface area contributed by atoms with Gasteiger partial charge in [-0.05, 0) is 11.8 Å². The van der Waals surface area contributed by atoms with Gasteiger partial charge in [0.15, 0.2) is 0 Å². The smallest absolute Gasteiger partial charge is 0.223 e. The summed E-state index contributed by atoms with van der Waals surface area (Å²) < 4.78 is 0. The molecule has 0 aliphatic carbocycles. The lowest BCUT2D eigenvalue weighted by molar-refractivity contribution is -0.123. The average molecular weight is 183 g/mol. The molecule has 0 saturated carbocycles. The molecule has 1 aliphatic rings. The number of amides is 1. The summed E-state index contributed by atoms with van der Waals surface area (Å²) in [5.74, 6) is 0.514. The van der Waals surface area contributed by atoms with Crippen molar-refractivity contribution in [2.24, 2.45) is 11.3 Å². The van der Waals surface area contributed by atoms with Crippen LogP contribution in [-0.2, 0) is 4.79 Å². The third kappa shape index (κ3) is 2.45. The van der Waals surface area contributed by atoms with E-state index < -0.39 is 0 Å². The van der Waals surface area contributed by atoms with E-state index in [1.165, 1.54) is 19.3 Å². The number of unbranched alkanes of at least 4 members (excludes halogenated alkanes) is 2. The van der Waals surface area contributed by atoms with Crippen LogP contribution >= 0.6 is 0 Å². The quantitative estimate of drug-likeness (QED) is 0.666. The molecule has 0 spiro atoms. The molecule has 0 aromatic carbocycles. The van der Waals surface area contributed by atoms with Gasteiger partial charge in [0, 0.05) is 12.5 Å². The lowest BCUT2D eigenvalue weighted by atomic mass is 9.79. The van der Waals surface area contributed by atoms with Gasteiger partial charge in [0.2, 0.25) is 5.91 Å². The number of carbonyl (C=O) groups excluding carboxylic acids is 1. The van der Waals surface area contributed by atoms with Crippen molar-refractivity contribution in [1.29, 1.82) is 0 Å². The topological polar surface area (TPSA) is 29.1 Å². The second kappa shape index (κ2) is 4.12. The maximum atomic E-state index is 11.5. The minimum absolute atomic E-state index is 0.171. The molecule has 13 heavy (non-hydrogen) atoms. The molecule has 1 heterocycles. The largest absolute Gasteiger partial charge is 0.355 e. The number of nitrogens with one attached hydrogen (secondary N) is 1. The first-order chi connectivity index (χ1) is 6.08. The summed E-state index contributed by atoms with van der Waals surface area (Å²) in [4.78, 5) is 11.5. The first kappa shape index (κ1) is 10.6. The van der Waals surface area contributed by atoms with Gasteiger partial charge in [-0.25, -0.2) is 0 Å². The third-order valence-electron chi connectivity index (χ3n) is 3.07. The van der Waals surface area contributed by atoms with Crippen molar-refractivity contribution < 1.29 is 4.79 Å². The van der Waals surface area contributed by atoms with Crippen LogP contribution in [0.3, 0.4) is 0 Å². The molecule has 1 aliphatic heterocycles. The van der Waals surface area contributed by atoms with Crippen LogP contribution in [-0.4, -0.2) is 12.5 Å². The van der Waals surface area contributed by atoms with Crippen molar-refractivity contribution in [2.45, 2.75) is 46.5 Å². The maximum absolute atomic E-state index is 11.5. The predicted molar refractivity (Wildman–Crippen MR) is 54.4 cm³/mol. The SMILES string of the molecule is CCCCCC1C(=O)NCC1(C)C. The summed E-state index contributed by atoms with van der Waals surface area (Å²) in [6.45, 7) is 7.41. The monoisotopic (exact) mass is 183 g/mol. The second-order valence-electron chi connectivity index (χ2n) is 4.75. The number of hydrogen-bond donors (Lipinski definition) is 1. The Morgan fingerprint density at radius 3 is 2.62 bits per heavy atom. The van der Waals surface area contributed by atoms with E-state index in [1.54, 1.807) is 0 Å². The first-order valence-corrected chi connectivity index (χ1v) is 5.35. The van der Waals surface area contributed by atoms with Crippen LogP contribution in [0, 0.1) is 11.3 Å². The Bertz CT molecular complexity index is 187. The van der Waals surface area contributed by atoms with E-state index in [-0.39, 0.29) is 17.2 Å². The maximum Gasteiger partial charge on any atom is 0.223 e. The molecule has 1 saturated heterocycles. The van der Waals surface area contributed by atoms with E-state index in [1.807, 2.05) is 0 Å². The first-order valence-electron chi connectivity index (χ1n) is 5.35. The Hall–Kier alpha value is -0.530. The van der Waals surface area contributed by atoms with Crippen molar-refractivity contribution in [3.05, 3.63) is 0 Å². The number of rotatable bonds is 4. The molecule has 76 valence electrons. The van der Waals surface area contributed by atoms with Gasteiger partial charge in [-0.3, -0.25) is 4.79 Å². The van der Waals surface area contributed by atoms with Gasteiger partial charge in [-0.2, -0.15) is 0 Å². The normalized spacial score (nSPS) is 26.1. The van der Waals surface area contributed by atoms with Crippen LogP contribution < -0.4 is 5.32 Å². The van der Waals surface area contributed by atoms with Crippen LogP contribution in [0.1, 0.15) is 46.5 Å². The van der Waals surface area contributed by atoms with Crippen molar-refractivity contribution in [1.82, 2.24) is 5.32 Å². The molecule has 1 unspecified atom stereocenters. The Morgan fingerprint density at radius 2 is 2.15 bits per heavy atom. The molecule has 1 atom stereocenters. The summed E-state index contributed by atoms with van der Waals surface area (Å²) in [7, 11) is 0. The van der Waals surface area contributed by atoms with Crippen molar-refractivity contribution in [2.75, 3.05) is 6.54 Å². The Kier molecular flexibility index (Phi) is 3.34. The highest BCUT2D eigenvalue weighted by molar-refractivity contribution is 5.81. The number of hydrogen-bond acceptors (Lipinski definition) is 1. The zero-order chi connectivity index (χ0) is 9.90. The molecule has 2 heteroatoms. The van der Waals surface area contributed by atoms with E-state index in [2.05, 4.69) is 26.1 Å². The van der Waals surface area contributed by atoms with Crippen LogP contribution in [0.5, 0.6) is 0 Å². The van der Waals surface area contributed by atoms with E-state index in [0.29, 0.717) is 0 Å². The molecule has 1 amide bonds. The standard InChI is InChI=1S/C11H21NO/c1-4-5-6-7-9-10(13)12-8-11(9,2)3/h9H,4-8H2,1-3H3,(H,12,13). The summed E-state index contributed by atoms with van der Waals surface area (Å²) in [6.07, 6.45) is 4.74. The fraction of sp³-hybridized carbons (Fsp3) is 0.909. The lowest BCUT2D eigenvalue weighted by Gasteiger charge is -2.23. The van der Waals surface area contributed by atoms with E-state index in [4.69, 9.17) is 0 Å². The molecular formula is C11H21NO. The minimum Gasteiger partial charge on any atom is -0.355 e. The van der Waals surface area contributed by atoms with Crippen molar-refractivity contribution in [3.63, 3.8) is 0 Å². The van der Waals surface area contributed by atoms with Gasteiger partial charge in [0.05, 0.1) is 0 Å². The van der Waals surface area contributed by atoms with Crippen LogP contribution in [0.15, 0.2) is 0 Å². The molecule has 1 N–H and O–H groups in total. The highest BCUT2D eigenvalue weighted by atomic mass is 16.2. The van der Waals surface area contributed by atoms with E-state index in [0.717, 1.165) is 13.0 Å². The Morgan fingerprint density at radius 1 is 1.46 bits per heavy atom. The van der Waals surface area contributed by atoms with Gasteiger partial charge in [-0.1, -0.05) is 40.0 Å². The van der Waals surface area contributed by atoms with Crippen molar-refractivity contribution >= 4 is 5.91 Å². The Balaban J connectivity index is 2.41. The van der Waals surface area contributed by atoms with Gasteiger partial charge < -0.3 is 5.32 Å². The van der Waals surface area contributed by atoms with Gasteiger partial charge in [0.25, 0.3) is 0 Å². The molecule has 0 aromatic rings. The van der Waals surface area contributed by atoms with E-state index >= 15 is 0 Å². The Labute approximate surface area is 81.1 Å². The average Bonchev–Trinajstić information content (AvgIpc) is 2.31. The molecule has 0 bridgehead atoms. The fourth-order valence-electron chi connectivity index (χ4n) is 2.04. The summed E-state index contributed by atoms with van der Waals surface area (Å²) >= 11 is 0. The van der Waals surface area contributed by atoms with E-state index in [9.17, 15) is 4.79 Å². The van der Waals surface area contributed by atoms with Crippen molar-refractivity contribution in [3.8, 4) is 0 Å². The molecule has 1 fully saturated rings. The second-order valence-corrected chi connectivity index (χ2v) is 4.75. The summed E-state index contributed by atoms with van der Waals surface area (Å²) in [5, 5.41) is 2.95. The van der Waals surface area contributed by atoms with Crippen LogP contribution in [0.25, 0.3) is 0 Å². The third-order valence-corrected chi connectivity index (χ3v) is 3.07. The van der Waals surface area contributed by atoms with Crippen LogP contribution in [0.4, 0.5) is 0 Å². The van der Waals surface area contributed by atoms with Gasteiger partial charge >= 0.3 is 0 Å². The summed E-state index contributed by atoms with van der Waals surface area (Å²) in [5.41, 5.74) is 0.171.